The van der Waals surface area contributed by atoms with Crippen LogP contribution in [0, 0.1) is 6.92 Å². The molecule has 1 heterocycles. The summed E-state index contributed by atoms with van der Waals surface area (Å²) in [4.78, 5) is 22.8. The molecule has 3 rings (SSSR count). The number of hydrogen-bond donors (Lipinski definition) is 0. The fraction of sp³-hybridized carbons (Fsp3) is 0.227. The van der Waals surface area contributed by atoms with Crippen LogP contribution in [0.3, 0.4) is 0 Å². The van der Waals surface area contributed by atoms with Crippen LogP contribution in [0.15, 0.2) is 71.9 Å². The first-order valence-electron chi connectivity index (χ1n) is 9.40. The fourth-order valence-electron chi connectivity index (χ4n) is 2.87. The summed E-state index contributed by atoms with van der Waals surface area (Å²) in [6, 6.07) is 16.3. The van der Waals surface area contributed by atoms with Crippen LogP contribution in [0.1, 0.15) is 27.3 Å². The molecule has 0 bridgehead atoms. The molecule has 0 fully saturated rings. The molecule has 0 N–H and O–H groups in total. The first-order chi connectivity index (χ1) is 14.3. The average molecular weight is 425 g/mol. The third-order valence-electron chi connectivity index (χ3n) is 4.65. The quantitative estimate of drug-likeness (QED) is 0.582. The lowest BCUT2D eigenvalue weighted by molar-refractivity contribution is 0.0784. The monoisotopic (exact) mass is 424 g/mol. The highest BCUT2D eigenvalue weighted by molar-refractivity contribution is 7.89. The van der Waals surface area contributed by atoms with Crippen LogP contribution in [-0.2, 0) is 23.1 Å². The van der Waals surface area contributed by atoms with Gasteiger partial charge in [-0.1, -0.05) is 48.0 Å². The molecule has 0 saturated carbocycles. The first kappa shape index (κ1) is 21.6. The Kier molecular flexibility index (Phi) is 6.59. The Morgan fingerprint density at radius 1 is 0.900 bits per heavy atom. The zero-order valence-corrected chi connectivity index (χ0v) is 18.0. The van der Waals surface area contributed by atoms with Crippen molar-refractivity contribution in [2.45, 2.75) is 24.9 Å². The van der Waals surface area contributed by atoms with Crippen molar-refractivity contribution in [3.63, 3.8) is 0 Å². The Labute approximate surface area is 177 Å². The third-order valence-corrected chi connectivity index (χ3v) is 6.47. The summed E-state index contributed by atoms with van der Waals surface area (Å²) in [7, 11) is -0.459. The van der Waals surface area contributed by atoms with E-state index in [1.807, 2.05) is 37.3 Å². The number of rotatable bonds is 7. The van der Waals surface area contributed by atoms with E-state index in [9.17, 15) is 13.2 Å². The molecule has 0 aliphatic carbocycles. The largest absolute Gasteiger partial charge is 0.337 e. The molecule has 0 unspecified atom stereocenters. The van der Waals surface area contributed by atoms with Crippen LogP contribution in [0.4, 0.5) is 0 Å². The van der Waals surface area contributed by atoms with Gasteiger partial charge < -0.3 is 4.90 Å². The van der Waals surface area contributed by atoms with Gasteiger partial charge in [0.2, 0.25) is 10.0 Å². The SMILES string of the molecule is Cc1ccc(S(=O)(=O)N(C)Cc2ncc(C(=O)N(C)Cc3ccccc3)cn2)cc1. The molecule has 8 heteroatoms. The summed E-state index contributed by atoms with van der Waals surface area (Å²) in [6.07, 6.45) is 2.86. The van der Waals surface area contributed by atoms with E-state index in [1.165, 1.54) is 23.7 Å². The second-order valence-electron chi connectivity index (χ2n) is 7.11. The molecule has 0 saturated heterocycles. The van der Waals surface area contributed by atoms with Crippen molar-refractivity contribution < 1.29 is 13.2 Å². The van der Waals surface area contributed by atoms with E-state index in [2.05, 4.69) is 9.97 Å². The number of amides is 1. The lowest BCUT2D eigenvalue weighted by Gasteiger charge is -2.18. The van der Waals surface area contributed by atoms with Gasteiger partial charge in [-0.2, -0.15) is 4.31 Å². The van der Waals surface area contributed by atoms with Gasteiger partial charge in [-0.05, 0) is 24.6 Å². The van der Waals surface area contributed by atoms with Crippen molar-refractivity contribution in [1.82, 2.24) is 19.2 Å². The first-order valence-corrected chi connectivity index (χ1v) is 10.8. The molecule has 156 valence electrons. The fourth-order valence-corrected chi connectivity index (χ4v) is 4.00. The highest BCUT2D eigenvalue weighted by Crippen LogP contribution is 2.16. The maximum Gasteiger partial charge on any atom is 0.257 e. The minimum Gasteiger partial charge on any atom is -0.337 e. The third kappa shape index (κ3) is 5.08. The van der Waals surface area contributed by atoms with E-state index in [4.69, 9.17) is 0 Å². The van der Waals surface area contributed by atoms with E-state index < -0.39 is 10.0 Å². The van der Waals surface area contributed by atoms with Crippen LogP contribution in [-0.4, -0.2) is 47.6 Å². The number of benzene rings is 2. The van der Waals surface area contributed by atoms with Crippen LogP contribution in [0.25, 0.3) is 0 Å². The Morgan fingerprint density at radius 2 is 1.50 bits per heavy atom. The number of sulfonamides is 1. The van der Waals surface area contributed by atoms with Crippen molar-refractivity contribution in [2.75, 3.05) is 14.1 Å². The second kappa shape index (κ2) is 9.15. The zero-order valence-electron chi connectivity index (χ0n) is 17.2. The Morgan fingerprint density at radius 3 is 2.10 bits per heavy atom. The second-order valence-corrected chi connectivity index (χ2v) is 9.15. The lowest BCUT2D eigenvalue weighted by atomic mass is 10.2. The summed E-state index contributed by atoms with van der Waals surface area (Å²) < 4.78 is 26.6. The molecule has 0 radical (unpaired) electrons. The van der Waals surface area contributed by atoms with Gasteiger partial charge in [0, 0.05) is 33.0 Å². The Hall–Kier alpha value is -3.10. The number of hydrogen-bond acceptors (Lipinski definition) is 5. The van der Waals surface area contributed by atoms with Gasteiger partial charge in [-0.3, -0.25) is 4.79 Å². The number of nitrogens with zero attached hydrogens (tertiary/aromatic N) is 4. The van der Waals surface area contributed by atoms with Crippen molar-refractivity contribution in [2.24, 2.45) is 0 Å². The van der Waals surface area contributed by atoms with Crippen LogP contribution in [0.5, 0.6) is 0 Å². The van der Waals surface area contributed by atoms with Gasteiger partial charge >= 0.3 is 0 Å². The van der Waals surface area contributed by atoms with Crippen molar-refractivity contribution in [1.29, 1.82) is 0 Å². The Balaban J connectivity index is 1.66. The molecular formula is C22H24N4O3S. The minimum absolute atomic E-state index is 0.00450. The van der Waals surface area contributed by atoms with Gasteiger partial charge in [0.05, 0.1) is 17.0 Å². The van der Waals surface area contributed by atoms with E-state index in [1.54, 1.807) is 36.2 Å². The molecule has 2 aromatic carbocycles. The molecule has 7 nitrogen and oxygen atoms in total. The molecule has 30 heavy (non-hydrogen) atoms. The maximum absolute atomic E-state index is 12.7. The normalized spacial score (nSPS) is 11.5. The van der Waals surface area contributed by atoms with Crippen LogP contribution in [0.2, 0.25) is 0 Å². The van der Waals surface area contributed by atoms with Crippen LogP contribution < -0.4 is 0 Å². The van der Waals surface area contributed by atoms with Gasteiger partial charge in [-0.15, -0.1) is 0 Å². The molecule has 0 spiro atoms. The predicted octanol–water partition coefficient (Wildman–Crippen LogP) is 2.88. The molecule has 1 aromatic heterocycles. The number of aromatic nitrogens is 2. The van der Waals surface area contributed by atoms with Crippen molar-refractivity contribution >= 4 is 15.9 Å². The summed E-state index contributed by atoms with van der Waals surface area (Å²) in [5.74, 6) is 0.112. The van der Waals surface area contributed by atoms with E-state index in [0.29, 0.717) is 17.9 Å². The maximum atomic E-state index is 12.7. The molecule has 0 atom stereocenters. The number of aryl methyl sites for hydroxylation is 1. The van der Waals surface area contributed by atoms with E-state index in [0.717, 1.165) is 11.1 Å². The zero-order chi connectivity index (χ0) is 21.7. The summed E-state index contributed by atoms with van der Waals surface area (Å²) in [5.41, 5.74) is 2.35. The topological polar surface area (TPSA) is 83.5 Å². The molecule has 1 amide bonds. The molecular weight excluding hydrogens is 400 g/mol. The standard InChI is InChI=1S/C22H24N4O3S/c1-17-9-11-20(12-10-17)30(28,29)26(3)16-21-23-13-19(14-24-21)22(27)25(2)15-18-7-5-4-6-8-18/h4-14H,15-16H2,1-3H3. The van der Waals surface area contributed by atoms with E-state index in [-0.39, 0.29) is 17.3 Å². The Bertz CT molecular complexity index is 1100. The highest BCUT2D eigenvalue weighted by atomic mass is 32.2. The molecule has 0 aliphatic heterocycles. The van der Waals surface area contributed by atoms with Crippen molar-refractivity contribution in [3.8, 4) is 0 Å². The minimum atomic E-state index is -3.65. The molecule has 0 aliphatic rings. The van der Waals surface area contributed by atoms with Crippen molar-refractivity contribution in [3.05, 3.63) is 89.5 Å². The lowest BCUT2D eigenvalue weighted by Crippen LogP contribution is -2.28. The van der Waals surface area contributed by atoms with E-state index >= 15 is 0 Å². The smallest absolute Gasteiger partial charge is 0.257 e. The molecule has 3 aromatic rings. The summed E-state index contributed by atoms with van der Waals surface area (Å²) in [6.45, 7) is 2.37. The summed E-state index contributed by atoms with van der Waals surface area (Å²) >= 11 is 0. The number of carbonyl (C=O) groups is 1. The summed E-state index contributed by atoms with van der Waals surface area (Å²) in [5, 5.41) is 0. The highest BCUT2D eigenvalue weighted by Gasteiger charge is 2.22. The van der Waals surface area contributed by atoms with Gasteiger partial charge in [-0.25, -0.2) is 18.4 Å². The van der Waals surface area contributed by atoms with Gasteiger partial charge in [0.25, 0.3) is 5.91 Å². The average Bonchev–Trinajstić information content (AvgIpc) is 2.74. The van der Waals surface area contributed by atoms with Gasteiger partial charge in [0.15, 0.2) is 0 Å². The van der Waals surface area contributed by atoms with Gasteiger partial charge in [0.1, 0.15) is 5.82 Å². The predicted molar refractivity (Wildman–Crippen MR) is 114 cm³/mol. The van der Waals surface area contributed by atoms with Crippen LogP contribution >= 0.6 is 0 Å². The number of carbonyl (C=O) groups excluding carboxylic acids is 1.